The van der Waals surface area contributed by atoms with Crippen LogP contribution >= 0.6 is 0 Å². The summed E-state index contributed by atoms with van der Waals surface area (Å²) in [6.07, 6.45) is 0.274. The predicted octanol–water partition coefficient (Wildman–Crippen LogP) is 1.97. The zero-order valence-corrected chi connectivity index (χ0v) is 13.9. The van der Waals surface area contributed by atoms with Gasteiger partial charge in [0.25, 0.3) is 0 Å². The van der Waals surface area contributed by atoms with E-state index >= 15 is 0 Å². The van der Waals surface area contributed by atoms with Crippen LogP contribution in [0.4, 0.5) is 0 Å². The second-order valence-electron chi connectivity index (χ2n) is 6.35. The minimum Gasteiger partial charge on any atom is -0.493 e. The van der Waals surface area contributed by atoms with Gasteiger partial charge in [-0.05, 0) is 39.4 Å². The molecule has 0 bridgehead atoms. The van der Waals surface area contributed by atoms with Crippen molar-refractivity contribution < 1.29 is 19.7 Å². The van der Waals surface area contributed by atoms with Crippen molar-refractivity contribution in [1.82, 2.24) is 4.90 Å². The van der Waals surface area contributed by atoms with Crippen LogP contribution in [-0.2, 0) is 0 Å². The van der Waals surface area contributed by atoms with E-state index in [4.69, 9.17) is 14.6 Å². The Balaban J connectivity index is 2.30. The smallest absolute Gasteiger partial charge is 0.129 e. The summed E-state index contributed by atoms with van der Waals surface area (Å²) in [7, 11) is 1.89. The van der Waals surface area contributed by atoms with Crippen molar-refractivity contribution in [3.63, 3.8) is 0 Å². The summed E-state index contributed by atoms with van der Waals surface area (Å²) >= 11 is 0. The van der Waals surface area contributed by atoms with Crippen LogP contribution in [-0.4, -0.2) is 53.6 Å². The Labute approximate surface area is 132 Å². The van der Waals surface area contributed by atoms with E-state index in [2.05, 4.69) is 6.92 Å². The molecule has 1 aromatic rings. The average Bonchev–Trinajstić information content (AvgIpc) is 2.44. The molecule has 22 heavy (non-hydrogen) atoms. The zero-order valence-electron chi connectivity index (χ0n) is 13.9. The fourth-order valence-electron chi connectivity index (χ4n) is 3.12. The highest BCUT2D eigenvalue weighted by Gasteiger charge is 2.45. The molecule has 0 radical (unpaired) electrons. The summed E-state index contributed by atoms with van der Waals surface area (Å²) in [6.45, 7) is 7.17. The molecule has 0 amide bonds. The Kier molecular flexibility index (Phi) is 5.32. The van der Waals surface area contributed by atoms with E-state index in [-0.39, 0.29) is 12.6 Å². The van der Waals surface area contributed by atoms with E-state index in [0.717, 1.165) is 17.7 Å². The van der Waals surface area contributed by atoms with Crippen molar-refractivity contribution in [2.24, 2.45) is 0 Å². The van der Waals surface area contributed by atoms with Crippen LogP contribution in [0.5, 0.6) is 11.5 Å². The van der Waals surface area contributed by atoms with Gasteiger partial charge in [-0.15, -0.1) is 0 Å². The molecular weight excluding hydrogens is 282 g/mol. The number of aliphatic hydroxyl groups excluding tert-OH is 2. The number of ether oxygens (including phenoxy) is 2. The zero-order chi connectivity index (χ0) is 16.3. The second-order valence-corrected chi connectivity index (χ2v) is 6.35. The van der Waals surface area contributed by atoms with E-state index in [1.165, 1.54) is 0 Å². The molecule has 0 aromatic heterocycles. The van der Waals surface area contributed by atoms with Crippen molar-refractivity contribution in [2.75, 3.05) is 26.8 Å². The maximum atomic E-state index is 10.8. The Bertz CT molecular complexity index is 503. The van der Waals surface area contributed by atoms with Crippen molar-refractivity contribution in [2.45, 2.75) is 44.9 Å². The van der Waals surface area contributed by atoms with Gasteiger partial charge in [0.1, 0.15) is 23.2 Å². The molecule has 1 aromatic carbocycles. The van der Waals surface area contributed by atoms with Crippen LogP contribution in [0.25, 0.3) is 0 Å². The van der Waals surface area contributed by atoms with Gasteiger partial charge in [0.15, 0.2) is 0 Å². The Hall–Kier alpha value is -1.30. The maximum Gasteiger partial charge on any atom is 0.129 e. The molecule has 1 aliphatic rings. The molecule has 2 atom stereocenters. The van der Waals surface area contributed by atoms with Crippen LogP contribution in [0.2, 0.25) is 0 Å². The first kappa shape index (κ1) is 17.1. The molecule has 5 nitrogen and oxygen atoms in total. The van der Waals surface area contributed by atoms with Crippen LogP contribution < -0.4 is 9.47 Å². The van der Waals surface area contributed by atoms with E-state index < -0.39 is 11.7 Å². The molecule has 0 fully saturated rings. The first-order valence-corrected chi connectivity index (χ1v) is 7.85. The largest absolute Gasteiger partial charge is 0.493 e. The number of nitrogens with zero attached hydrogens (tertiary/aromatic N) is 1. The van der Waals surface area contributed by atoms with Crippen molar-refractivity contribution >= 4 is 0 Å². The summed E-state index contributed by atoms with van der Waals surface area (Å²) in [5.74, 6) is 1.42. The number of likely N-dealkylation sites (N-methyl/N-ethyl adjacent to an activating group) is 1. The van der Waals surface area contributed by atoms with E-state index in [1.54, 1.807) is 0 Å². The lowest BCUT2D eigenvalue weighted by Gasteiger charge is -2.47. The van der Waals surface area contributed by atoms with Crippen molar-refractivity contribution in [3.8, 4) is 11.5 Å². The molecular formula is C17H27NO4. The van der Waals surface area contributed by atoms with Gasteiger partial charge in [0.05, 0.1) is 19.3 Å². The fraction of sp³-hybridized carbons (Fsp3) is 0.647. The van der Waals surface area contributed by atoms with Gasteiger partial charge in [-0.3, -0.25) is 4.90 Å². The molecule has 0 aliphatic carbocycles. The average molecular weight is 309 g/mol. The minimum absolute atomic E-state index is 0.0481. The first-order valence-electron chi connectivity index (χ1n) is 7.85. The molecule has 0 spiro atoms. The molecule has 1 aliphatic heterocycles. The maximum absolute atomic E-state index is 10.8. The van der Waals surface area contributed by atoms with Gasteiger partial charge in [-0.1, -0.05) is 6.92 Å². The number of aliphatic hydroxyl groups is 2. The number of hydrogen-bond acceptors (Lipinski definition) is 5. The highest BCUT2D eigenvalue weighted by atomic mass is 16.5. The van der Waals surface area contributed by atoms with Gasteiger partial charge < -0.3 is 19.7 Å². The van der Waals surface area contributed by atoms with Crippen molar-refractivity contribution in [1.29, 1.82) is 0 Å². The summed E-state index contributed by atoms with van der Waals surface area (Å²) in [6, 6.07) is 5.34. The van der Waals surface area contributed by atoms with Gasteiger partial charge in [-0.2, -0.15) is 0 Å². The molecule has 0 saturated carbocycles. The Morgan fingerprint density at radius 2 is 2.09 bits per heavy atom. The van der Waals surface area contributed by atoms with Crippen LogP contribution in [0, 0.1) is 0 Å². The van der Waals surface area contributed by atoms with E-state index in [0.29, 0.717) is 18.9 Å². The number of fused-ring (bicyclic) bond motifs is 1. The molecule has 2 unspecified atom stereocenters. The van der Waals surface area contributed by atoms with Gasteiger partial charge in [0.2, 0.25) is 0 Å². The summed E-state index contributed by atoms with van der Waals surface area (Å²) in [5, 5.41) is 19.9. The SMILES string of the molecule is CCCOc1ccc2c(c1)OC(C)(C)C(N(C)CCO)C2O. The van der Waals surface area contributed by atoms with E-state index in [1.807, 2.05) is 44.0 Å². The van der Waals surface area contributed by atoms with Gasteiger partial charge >= 0.3 is 0 Å². The third kappa shape index (κ3) is 3.37. The molecule has 1 heterocycles. The fourth-order valence-corrected chi connectivity index (χ4v) is 3.12. The van der Waals surface area contributed by atoms with Gasteiger partial charge in [0, 0.05) is 18.2 Å². The lowest BCUT2D eigenvalue weighted by Crippen LogP contribution is -2.57. The van der Waals surface area contributed by atoms with Crippen molar-refractivity contribution in [3.05, 3.63) is 23.8 Å². The Morgan fingerprint density at radius 3 is 2.73 bits per heavy atom. The summed E-state index contributed by atoms with van der Waals surface area (Å²) in [4.78, 5) is 1.94. The first-order chi connectivity index (χ1) is 10.4. The van der Waals surface area contributed by atoms with Crippen LogP contribution in [0.1, 0.15) is 38.9 Å². The second kappa shape index (κ2) is 6.86. The molecule has 2 rings (SSSR count). The normalized spacial score (nSPS) is 23.0. The summed E-state index contributed by atoms with van der Waals surface area (Å²) < 4.78 is 11.8. The predicted molar refractivity (Wildman–Crippen MR) is 85.4 cm³/mol. The standard InChI is InChI=1S/C17H27NO4/c1-5-10-21-12-6-7-13-14(11-12)22-17(2,3)16(15(13)20)18(4)8-9-19/h6-7,11,15-16,19-20H,5,8-10H2,1-4H3. The number of benzene rings is 1. The van der Waals surface area contributed by atoms with Gasteiger partial charge in [-0.25, -0.2) is 0 Å². The lowest BCUT2D eigenvalue weighted by molar-refractivity contribution is -0.0773. The summed E-state index contributed by atoms with van der Waals surface area (Å²) in [5.41, 5.74) is 0.192. The highest BCUT2D eigenvalue weighted by Crippen LogP contribution is 2.43. The monoisotopic (exact) mass is 309 g/mol. The Morgan fingerprint density at radius 1 is 1.36 bits per heavy atom. The molecule has 0 saturated heterocycles. The topological polar surface area (TPSA) is 62.2 Å². The van der Waals surface area contributed by atoms with Crippen LogP contribution in [0.15, 0.2) is 18.2 Å². The molecule has 124 valence electrons. The van der Waals surface area contributed by atoms with E-state index in [9.17, 15) is 5.11 Å². The number of rotatable bonds is 6. The lowest BCUT2D eigenvalue weighted by atomic mass is 9.85. The van der Waals surface area contributed by atoms with Crippen LogP contribution in [0.3, 0.4) is 0 Å². The minimum atomic E-state index is -0.671. The molecule has 2 N–H and O–H groups in total. The molecule has 5 heteroatoms. The highest BCUT2D eigenvalue weighted by molar-refractivity contribution is 5.45. The quantitative estimate of drug-likeness (QED) is 0.841. The number of hydrogen-bond donors (Lipinski definition) is 2. The third-order valence-corrected chi connectivity index (χ3v) is 4.09. The third-order valence-electron chi connectivity index (χ3n) is 4.09.